The van der Waals surface area contributed by atoms with Gasteiger partial charge in [-0.25, -0.2) is 4.98 Å². The number of rotatable bonds is 4. The van der Waals surface area contributed by atoms with Gasteiger partial charge in [0.25, 0.3) is 0 Å². The summed E-state index contributed by atoms with van der Waals surface area (Å²) >= 11 is 0. The summed E-state index contributed by atoms with van der Waals surface area (Å²) in [4.78, 5) is 6.46. The van der Waals surface area contributed by atoms with E-state index < -0.39 is 17.6 Å². The van der Waals surface area contributed by atoms with Crippen LogP contribution in [0.3, 0.4) is 0 Å². The highest BCUT2D eigenvalue weighted by Gasteiger charge is 2.60. The van der Waals surface area contributed by atoms with Gasteiger partial charge in [0.05, 0.1) is 24.0 Å². The highest BCUT2D eigenvalue weighted by Crippen LogP contribution is 2.64. The molecular weight excluding hydrogens is 419 g/mol. The first-order valence-corrected chi connectivity index (χ1v) is 11.5. The summed E-state index contributed by atoms with van der Waals surface area (Å²) in [5, 5.41) is 4.69. The number of nitrogen functional groups attached to an aromatic ring is 1. The van der Waals surface area contributed by atoms with Crippen molar-refractivity contribution in [1.82, 2.24) is 19.7 Å². The molecule has 2 saturated carbocycles. The first kappa shape index (κ1) is 20.5. The third-order valence-corrected chi connectivity index (χ3v) is 7.95. The largest absolute Gasteiger partial charge is 0.419 e. The maximum absolute atomic E-state index is 13.3. The van der Waals surface area contributed by atoms with Crippen LogP contribution in [0.1, 0.15) is 56.3 Å². The van der Waals surface area contributed by atoms with E-state index >= 15 is 0 Å². The number of hydrogen-bond donors (Lipinski definition) is 1. The van der Waals surface area contributed by atoms with Gasteiger partial charge in [-0.05, 0) is 57.1 Å². The molecule has 0 radical (unpaired) electrons. The molecule has 0 aromatic carbocycles. The average molecular weight is 448 g/mol. The number of aromatic nitrogens is 3. The monoisotopic (exact) mass is 447 g/mol. The Hall–Kier alpha value is -2.13. The Balaban J connectivity index is 1.24. The van der Waals surface area contributed by atoms with Crippen molar-refractivity contribution in [2.75, 3.05) is 18.9 Å². The Kier molecular flexibility index (Phi) is 4.44. The molecule has 4 fully saturated rings. The third kappa shape index (κ3) is 3.15. The predicted octanol–water partition coefficient (Wildman–Crippen LogP) is 4.09. The maximum atomic E-state index is 13.3. The van der Waals surface area contributed by atoms with Crippen molar-refractivity contribution in [2.24, 2.45) is 11.8 Å². The predicted molar refractivity (Wildman–Crippen MR) is 113 cm³/mol. The van der Waals surface area contributed by atoms with Gasteiger partial charge in [-0.15, -0.1) is 0 Å². The molecule has 0 spiro atoms. The fourth-order valence-electron chi connectivity index (χ4n) is 6.45. The molecular formula is C23H28F3N5O. The van der Waals surface area contributed by atoms with E-state index in [0.717, 1.165) is 24.9 Å². The van der Waals surface area contributed by atoms with E-state index in [1.54, 1.807) is 0 Å². The number of ether oxygens (including phenoxy) is 1. The number of nitrogens with zero attached hydrogens (tertiary/aromatic N) is 4. The fourth-order valence-corrected chi connectivity index (χ4v) is 6.45. The van der Waals surface area contributed by atoms with Gasteiger partial charge in [0.2, 0.25) is 0 Å². The molecule has 9 heteroatoms. The minimum absolute atomic E-state index is 0.131. The molecule has 6 atom stereocenters. The van der Waals surface area contributed by atoms with Gasteiger partial charge in [0.1, 0.15) is 5.82 Å². The van der Waals surface area contributed by atoms with Gasteiger partial charge < -0.3 is 10.5 Å². The summed E-state index contributed by atoms with van der Waals surface area (Å²) in [5.74, 6) is 1.21. The quantitative estimate of drug-likeness (QED) is 0.765. The fraction of sp³-hybridized carbons (Fsp3) is 0.652. The van der Waals surface area contributed by atoms with Crippen LogP contribution in [0.4, 0.5) is 19.0 Å². The Morgan fingerprint density at radius 2 is 1.88 bits per heavy atom. The van der Waals surface area contributed by atoms with Crippen LogP contribution < -0.4 is 5.73 Å². The van der Waals surface area contributed by atoms with Gasteiger partial charge in [-0.3, -0.25) is 9.58 Å². The summed E-state index contributed by atoms with van der Waals surface area (Å²) in [6, 6.07) is 4.40. The number of fused-ring (bicyclic) bond motifs is 3. The van der Waals surface area contributed by atoms with E-state index in [0.29, 0.717) is 47.2 Å². The summed E-state index contributed by atoms with van der Waals surface area (Å²) in [6.45, 7) is 6.06. The van der Waals surface area contributed by atoms with E-state index in [-0.39, 0.29) is 6.04 Å². The molecule has 4 heterocycles. The molecule has 6 nitrogen and oxygen atoms in total. The zero-order valence-corrected chi connectivity index (χ0v) is 18.2. The number of alkyl halides is 3. The third-order valence-electron chi connectivity index (χ3n) is 7.95. The lowest BCUT2D eigenvalue weighted by Gasteiger charge is -2.33. The molecule has 2 saturated heterocycles. The second kappa shape index (κ2) is 6.93. The van der Waals surface area contributed by atoms with Gasteiger partial charge in [-0.1, -0.05) is 0 Å². The van der Waals surface area contributed by atoms with Gasteiger partial charge >= 0.3 is 6.18 Å². The zero-order valence-electron chi connectivity index (χ0n) is 18.2. The van der Waals surface area contributed by atoms with Crippen LogP contribution in [0.15, 0.2) is 18.3 Å². The second-order valence-corrected chi connectivity index (χ2v) is 10.2. The first-order valence-electron chi connectivity index (χ1n) is 11.5. The zero-order chi connectivity index (χ0) is 22.4. The highest BCUT2D eigenvalue weighted by molar-refractivity contribution is 5.63. The molecule has 2 aromatic rings. The van der Waals surface area contributed by atoms with E-state index in [1.165, 1.54) is 25.5 Å². The van der Waals surface area contributed by atoms with Gasteiger partial charge in [-0.2, -0.15) is 18.3 Å². The summed E-state index contributed by atoms with van der Waals surface area (Å²) < 4.78 is 47.7. The van der Waals surface area contributed by atoms with Crippen LogP contribution >= 0.6 is 0 Å². The Labute approximate surface area is 184 Å². The molecule has 6 rings (SSSR count). The highest BCUT2D eigenvalue weighted by atomic mass is 19.4. The lowest BCUT2D eigenvalue weighted by molar-refractivity contribution is -0.137. The van der Waals surface area contributed by atoms with Crippen molar-refractivity contribution in [3.63, 3.8) is 0 Å². The van der Waals surface area contributed by atoms with E-state index in [2.05, 4.69) is 23.7 Å². The van der Waals surface area contributed by atoms with Crippen molar-refractivity contribution >= 4 is 5.82 Å². The molecule has 2 aromatic heterocycles. The van der Waals surface area contributed by atoms with Crippen LogP contribution in [0.5, 0.6) is 0 Å². The Bertz CT molecular complexity index is 1040. The SMILES string of the molecule is CC(C)n1nc(-c2cnc(N)c(C(F)(F)F)c2)cc1[C@H]1[C@@H]2C[C@H](N3C[C@@H]4C[C@H]3CO4)C[C@@H]21. The second-order valence-electron chi connectivity index (χ2n) is 10.2. The van der Waals surface area contributed by atoms with Gasteiger partial charge in [0, 0.05) is 48.0 Å². The number of anilines is 1. The normalized spacial score (nSPS) is 33.9. The standard InChI is InChI=1S/C23H28F3N5O/c1-11(2)31-20(7-19(29-31)12-3-18(23(24,25)26)22(27)28-8-12)21-16-5-13(6-17(16)21)30-9-15-4-14(30)10-32-15/h3,7-8,11,13-17,21H,4-6,9-10H2,1-2H3,(H2,27,28)/t13-,14-,15-,16+,17-,21-/m0/s1. The molecule has 2 aliphatic carbocycles. The van der Waals surface area contributed by atoms with Crippen molar-refractivity contribution in [1.29, 1.82) is 0 Å². The molecule has 0 unspecified atom stereocenters. The molecule has 0 amide bonds. The minimum Gasteiger partial charge on any atom is -0.383 e. The van der Waals surface area contributed by atoms with Crippen molar-refractivity contribution < 1.29 is 17.9 Å². The van der Waals surface area contributed by atoms with Crippen LogP contribution in [0.2, 0.25) is 0 Å². The number of nitrogens with two attached hydrogens (primary N) is 1. The molecule has 2 bridgehead atoms. The summed E-state index contributed by atoms with van der Waals surface area (Å²) in [5.41, 5.74) is 6.58. The molecule has 4 aliphatic rings. The molecule has 32 heavy (non-hydrogen) atoms. The number of likely N-dealkylation sites (tertiary alicyclic amines) is 1. The topological polar surface area (TPSA) is 69.2 Å². The van der Waals surface area contributed by atoms with Crippen molar-refractivity contribution in [2.45, 2.75) is 69.4 Å². The van der Waals surface area contributed by atoms with Crippen LogP contribution in [-0.4, -0.2) is 51.0 Å². The number of halogens is 3. The maximum Gasteiger partial charge on any atom is 0.419 e. The van der Waals surface area contributed by atoms with Crippen molar-refractivity contribution in [3.05, 3.63) is 29.6 Å². The lowest BCUT2D eigenvalue weighted by atomic mass is 10.0. The summed E-state index contributed by atoms with van der Waals surface area (Å²) in [7, 11) is 0. The Morgan fingerprint density at radius 3 is 2.47 bits per heavy atom. The lowest BCUT2D eigenvalue weighted by Crippen LogP contribution is -2.43. The van der Waals surface area contributed by atoms with E-state index in [4.69, 9.17) is 15.6 Å². The minimum atomic E-state index is -4.54. The number of hydrogen-bond acceptors (Lipinski definition) is 5. The van der Waals surface area contributed by atoms with Crippen LogP contribution in [0, 0.1) is 11.8 Å². The molecule has 2 aliphatic heterocycles. The van der Waals surface area contributed by atoms with Gasteiger partial charge in [0.15, 0.2) is 0 Å². The number of morpholine rings is 1. The van der Waals surface area contributed by atoms with Crippen LogP contribution in [-0.2, 0) is 10.9 Å². The first-order chi connectivity index (χ1) is 15.2. The molecule has 172 valence electrons. The summed E-state index contributed by atoms with van der Waals surface area (Å²) in [6.07, 6.45) is 0.827. The Morgan fingerprint density at radius 1 is 1.12 bits per heavy atom. The smallest absolute Gasteiger partial charge is 0.383 e. The molecule has 2 N–H and O–H groups in total. The van der Waals surface area contributed by atoms with E-state index in [1.807, 2.05) is 10.7 Å². The number of pyridine rings is 1. The van der Waals surface area contributed by atoms with E-state index in [9.17, 15) is 13.2 Å². The van der Waals surface area contributed by atoms with Crippen molar-refractivity contribution in [3.8, 4) is 11.3 Å². The van der Waals surface area contributed by atoms with Crippen LogP contribution in [0.25, 0.3) is 11.3 Å². The average Bonchev–Trinajstić information content (AvgIpc) is 3.31.